The van der Waals surface area contributed by atoms with Crippen LogP contribution in [0, 0.1) is 0 Å². The normalized spacial score (nSPS) is 21.5. The fourth-order valence-electron chi connectivity index (χ4n) is 3.24. The third kappa shape index (κ3) is 3.62. The first-order valence-corrected chi connectivity index (χ1v) is 8.13. The summed E-state index contributed by atoms with van der Waals surface area (Å²) in [5.74, 6) is 2.46. The second-order valence-corrected chi connectivity index (χ2v) is 5.81. The van der Waals surface area contributed by atoms with Crippen LogP contribution in [0.25, 0.3) is 0 Å². The minimum Gasteiger partial charge on any atom is -0.493 e. The summed E-state index contributed by atoms with van der Waals surface area (Å²) in [7, 11) is 0. The number of nitrogens with zero attached hydrogens (tertiary/aromatic N) is 1. The van der Waals surface area contributed by atoms with Crippen LogP contribution in [0.1, 0.15) is 39.0 Å². The molecule has 0 radical (unpaired) electrons. The van der Waals surface area contributed by atoms with E-state index in [0.29, 0.717) is 6.79 Å². The fraction of sp³-hybridized carbons (Fsp3) is 0.647. The van der Waals surface area contributed by atoms with Gasteiger partial charge in [0.25, 0.3) is 0 Å². The molecule has 4 nitrogen and oxygen atoms in total. The monoisotopic (exact) mass is 291 g/mol. The molecule has 0 aromatic heterocycles. The van der Waals surface area contributed by atoms with E-state index < -0.39 is 0 Å². The van der Waals surface area contributed by atoms with Gasteiger partial charge in [-0.3, -0.25) is 0 Å². The number of hydrogen-bond acceptors (Lipinski definition) is 4. The van der Waals surface area contributed by atoms with Crippen LogP contribution in [0.2, 0.25) is 0 Å². The fourth-order valence-corrected chi connectivity index (χ4v) is 3.24. The molecule has 21 heavy (non-hydrogen) atoms. The van der Waals surface area contributed by atoms with Crippen molar-refractivity contribution < 1.29 is 14.2 Å². The number of rotatable bonds is 6. The molecule has 0 aliphatic carbocycles. The molecule has 4 heteroatoms. The zero-order valence-corrected chi connectivity index (χ0v) is 12.8. The molecule has 2 aliphatic rings. The first kappa shape index (κ1) is 14.5. The minimum atomic E-state index is 0.312. The smallest absolute Gasteiger partial charge is 0.231 e. The van der Waals surface area contributed by atoms with Crippen molar-refractivity contribution in [2.75, 3.05) is 26.5 Å². The summed E-state index contributed by atoms with van der Waals surface area (Å²) in [5.41, 5.74) is 0. The van der Waals surface area contributed by atoms with Gasteiger partial charge in [0.15, 0.2) is 11.5 Å². The molecule has 2 aliphatic heterocycles. The zero-order chi connectivity index (χ0) is 14.5. The number of ether oxygens (including phenoxy) is 3. The summed E-state index contributed by atoms with van der Waals surface area (Å²) in [4.78, 5) is 2.63. The highest BCUT2D eigenvalue weighted by Gasteiger charge is 2.20. The molecule has 1 atom stereocenters. The molecule has 0 amide bonds. The summed E-state index contributed by atoms with van der Waals surface area (Å²) in [6.45, 7) is 5.76. The lowest BCUT2D eigenvalue weighted by Gasteiger charge is -2.35. The Morgan fingerprint density at radius 3 is 3.05 bits per heavy atom. The Hall–Kier alpha value is -1.42. The van der Waals surface area contributed by atoms with E-state index in [4.69, 9.17) is 14.2 Å². The molecule has 116 valence electrons. The molecule has 0 N–H and O–H groups in total. The maximum Gasteiger partial charge on any atom is 0.231 e. The Morgan fingerprint density at radius 2 is 2.14 bits per heavy atom. The van der Waals surface area contributed by atoms with Gasteiger partial charge < -0.3 is 19.1 Å². The number of likely N-dealkylation sites (tertiary alicyclic amines) is 1. The van der Waals surface area contributed by atoms with Crippen LogP contribution < -0.4 is 14.2 Å². The topological polar surface area (TPSA) is 30.9 Å². The van der Waals surface area contributed by atoms with Crippen LogP contribution in [0.5, 0.6) is 17.2 Å². The van der Waals surface area contributed by atoms with Gasteiger partial charge in [-0.25, -0.2) is 0 Å². The highest BCUT2D eigenvalue weighted by Crippen LogP contribution is 2.35. The van der Waals surface area contributed by atoms with E-state index in [2.05, 4.69) is 11.8 Å². The van der Waals surface area contributed by atoms with Gasteiger partial charge in [0.05, 0.1) is 6.61 Å². The van der Waals surface area contributed by atoms with Crippen molar-refractivity contribution >= 4 is 0 Å². The second kappa shape index (κ2) is 7.03. The predicted octanol–water partition coefficient (Wildman–Crippen LogP) is 3.45. The molecule has 1 aromatic carbocycles. The van der Waals surface area contributed by atoms with Crippen molar-refractivity contribution in [3.05, 3.63) is 18.2 Å². The van der Waals surface area contributed by atoms with Crippen molar-refractivity contribution in [3.63, 3.8) is 0 Å². The van der Waals surface area contributed by atoms with E-state index in [1.807, 2.05) is 18.2 Å². The maximum absolute atomic E-state index is 5.83. The van der Waals surface area contributed by atoms with Gasteiger partial charge in [0, 0.05) is 18.7 Å². The summed E-state index contributed by atoms with van der Waals surface area (Å²) in [6.07, 6.45) is 6.44. The Kier molecular flexibility index (Phi) is 4.86. The van der Waals surface area contributed by atoms with E-state index in [-0.39, 0.29) is 0 Å². The van der Waals surface area contributed by atoms with Crippen LogP contribution in [0.4, 0.5) is 0 Å². The van der Waals surface area contributed by atoms with E-state index in [9.17, 15) is 0 Å². The second-order valence-electron chi connectivity index (χ2n) is 5.81. The van der Waals surface area contributed by atoms with Crippen LogP contribution >= 0.6 is 0 Å². The minimum absolute atomic E-state index is 0.312. The summed E-state index contributed by atoms with van der Waals surface area (Å²) in [6, 6.07) is 6.56. The Bertz CT molecular complexity index is 463. The SMILES string of the molecule is CC[C@@H]1CCCCN1CCCOc1ccc2c(c1)OCO2. The molecule has 1 aromatic rings. The quantitative estimate of drug-likeness (QED) is 0.751. The Balaban J connectivity index is 1.41. The van der Waals surface area contributed by atoms with Gasteiger partial charge in [-0.15, -0.1) is 0 Å². The van der Waals surface area contributed by atoms with Gasteiger partial charge in [-0.2, -0.15) is 0 Å². The van der Waals surface area contributed by atoms with E-state index in [0.717, 1.165) is 42.9 Å². The average molecular weight is 291 g/mol. The third-order valence-electron chi connectivity index (χ3n) is 4.42. The third-order valence-corrected chi connectivity index (χ3v) is 4.42. The predicted molar refractivity (Wildman–Crippen MR) is 82.2 cm³/mol. The molecule has 3 rings (SSSR count). The van der Waals surface area contributed by atoms with Gasteiger partial charge in [-0.05, 0) is 44.4 Å². The largest absolute Gasteiger partial charge is 0.493 e. The molecule has 1 fully saturated rings. The van der Waals surface area contributed by atoms with E-state index >= 15 is 0 Å². The molecule has 2 heterocycles. The number of benzene rings is 1. The molecule has 1 saturated heterocycles. The summed E-state index contributed by atoms with van der Waals surface area (Å²) < 4.78 is 16.5. The van der Waals surface area contributed by atoms with Gasteiger partial charge in [0.2, 0.25) is 6.79 Å². The number of hydrogen-bond donors (Lipinski definition) is 0. The average Bonchev–Trinajstić information content (AvgIpc) is 2.99. The standard InChI is InChI=1S/C17H25NO3/c1-2-14-6-3-4-9-18(14)10-5-11-19-15-7-8-16-17(12-15)21-13-20-16/h7-8,12,14H,2-6,9-11,13H2,1H3/t14-/m1/s1. The van der Waals surface area contributed by atoms with Gasteiger partial charge in [0.1, 0.15) is 5.75 Å². The molecule has 0 saturated carbocycles. The van der Waals surface area contributed by atoms with Crippen molar-refractivity contribution in [2.45, 2.75) is 45.1 Å². The highest BCUT2D eigenvalue weighted by molar-refractivity contribution is 5.46. The zero-order valence-electron chi connectivity index (χ0n) is 12.8. The van der Waals surface area contributed by atoms with Crippen molar-refractivity contribution in [2.24, 2.45) is 0 Å². The summed E-state index contributed by atoms with van der Waals surface area (Å²) in [5, 5.41) is 0. The van der Waals surface area contributed by atoms with Crippen LogP contribution in [-0.2, 0) is 0 Å². The maximum atomic E-state index is 5.83. The van der Waals surface area contributed by atoms with Gasteiger partial charge >= 0.3 is 0 Å². The lowest BCUT2D eigenvalue weighted by Crippen LogP contribution is -2.40. The molecule has 0 unspecified atom stereocenters. The van der Waals surface area contributed by atoms with Crippen molar-refractivity contribution in [3.8, 4) is 17.2 Å². The molecule has 0 spiro atoms. The number of fused-ring (bicyclic) bond motifs is 1. The van der Waals surface area contributed by atoms with Crippen LogP contribution in [0.15, 0.2) is 18.2 Å². The number of piperidine rings is 1. The lowest BCUT2D eigenvalue weighted by atomic mass is 10.00. The first-order valence-electron chi connectivity index (χ1n) is 8.13. The Morgan fingerprint density at radius 1 is 1.24 bits per heavy atom. The Labute approximate surface area is 127 Å². The van der Waals surface area contributed by atoms with Gasteiger partial charge in [-0.1, -0.05) is 13.3 Å². The van der Waals surface area contributed by atoms with Crippen LogP contribution in [0.3, 0.4) is 0 Å². The molecular weight excluding hydrogens is 266 g/mol. The lowest BCUT2D eigenvalue weighted by molar-refractivity contribution is 0.134. The molecular formula is C17H25NO3. The van der Waals surface area contributed by atoms with Crippen LogP contribution in [-0.4, -0.2) is 37.4 Å². The van der Waals surface area contributed by atoms with E-state index in [1.54, 1.807) is 0 Å². The molecule has 0 bridgehead atoms. The van der Waals surface area contributed by atoms with E-state index in [1.165, 1.54) is 32.2 Å². The van der Waals surface area contributed by atoms with Crippen molar-refractivity contribution in [1.29, 1.82) is 0 Å². The summed E-state index contributed by atoms with van der Waals surface area (Å²) >= 11 is 0. The highest BCUT2D eigenvalue weighted by atomic mass is 16.7. The van der Waals surface area contributed by atoms with Crippen molar-refractivity contribution in [1.82, 2.24) is 4.90 Å². The first-order chi connectivity index (χ1) is 10.4.